The Kier molecular flexibility index (Phi) is 8.81. The maximum Gasteiger partial charge on any atom is 0.245 e. The molecule has 0 bridgehead atoms. The van der Waals surface area contributed by atoms with Gasteiger partial charge in [-0.15, -0.1) is 0 Å². The number of anilines is 1. The SMILES string of the molecule is CC(C)N(C)C1CCC(N2CC[C@H](Nc3ncnc4cnc(C(C)(C)C)nc34)C2=O)CC1.CC(N)=O. The van der Waals surface area contributed by atoms with Gasteiger partial charge in [0, 0.05) is 37.0 Å². The minimum atomic E-state index is -0.333. The standard InChI is InChI=1S/C24H37N7O.C2H5NO/c1-15(2)30(6)16-7-9-17(10-8-16)31-12-11-18(22(31)32)28-21-20-19(26-14-27-21)13-25-23(29-20)24(3,4)5;1-2(3)4/h13-18H,7-12H2,1-6H3,(H,26,27,28);1H3,(H2,3,4)/t16?,17?,18-;/m0./s1. The van der Waals surface area contributed by atoms with Crippen LogP contribution in [-0.4, -0.2) is 79.3 Å². The molecule has 2 aliphatic rings. The smallest absolute Gasteiger partial charge is 0.245 e. The fourth-order valence-corrected chi connectivity index (χ4v) is 4.88. The van der Waals surface area contributed by atoms with Crippen LogP contribution in [0.25, 0.3) is 11.0 Å². The summed E-state index contributed by atoms with van der Waals surface area (Å²) in [5, 5.41) is 3.38. The van der Waals surface area contributed by atoms with Gasteiger partial charge >= 0.3 is 0 Å². The van der Waals surface area contributed by atoms with Crippen LogP contribution in [-0.2, 0) is 15.0 Å². The number of primary amides is 1. The van der Waals surface area contributed by atoms with Crippen molar-refractivity contribution in [3.05, 3.63) is 18.3 Å². The predicted octanol–water partition coefficient (Wildman–Crippen LogP) is 2.87. The number of nitrogens with zero attached hydrogens (tertiary/aromatic N) is 6. The number of fused-ring (bicyclic) bond motifs is 1. The highest BCUT2D eigenvalue weighted by molar-refractivity contribution is 5.90. The Bertz CT molecular complexity index is 1060. The summed E-state index contributed by atoms with van der Waals surface area (Å²) in [5.74, 6) is 1.21. The van der Waals surface area contributed by atoms with Crippen molar-refractivity contribution in [2.75, 3.05) is 18.9 Å². The molecule has 1 saturated carbocycles. The molecule has 2 aromatic rings. The van der Waals surface area contributed by atoms with Gasteiger partial charge in [-0.05, 0) is 53.0 Å². The first kappa shape index (κ1) is 27.7. The highest BCUT2D eigenvalue weighted by Crippen LogP contribution is 2.31. The van der Waals surface area contributed by atoms with E-state index in [9.17, 15) is 9.59 Å². The van der Waals surface area contributed by atoms with Crippen molar-refractivity contribution in [3.63, 3.8) is 0 Å². The van der Waals surface area contributed by atoms with Crippen molar-refractivity contribution < 1.29 is 9.59 Å². The summed E-state index contributed by atoms with van der Waals surface area (Å²) in [6.07, 6.45) is 8.51. The third kappa shape index (κ3) is 6.66. The Labute approximate surface area is 214 Å². The Morgan fingerprint density at radius 2 is 1.78 bits per heavy atom. The van der Waals surface area contributed by atoms with Gasteiger partial charge in [0.15, 0.2) is 5.82 Å². The van der Waals surface area contributed by atoms with Crippen LogP contribution < -0.4 is 11.1 Å². The zero-order chi connectivity index (χ0) is 26.6. The van der Waals surface area contributed by atoms with Gasteiger partial charge < -0.3 is 20.9 Å². The Balaban J connectivity index is 0.000000840. The molecule has 1 saturated heterocycles. The number of hydrogen-bond acceptors (Lipinski definition) is 8. The van der Waals surface area contributed by atoms with Crippen LogP contribution in [0, 0.1) is 0 Å². The zero-order valence-electron chi connectivity index (χ0n) is 22.8. The molecule has 3 N–H and O–H groups in total. The molecule has 1 aliphatic heterocycles. The number of carbonyl (C=O) groups is 2. The van der Waals surface area contributed by atoms with E-state index in [4.69, 9.17) is 4.98 Å². The first-order valence-corrected chi connectivity index (χ1v) is 12.9. The lowest BCUT2D eigenvalue weighted by Gasteiger charge is -2.39. The molecule has 2 aromatic heterocycles. The van der Waals surface area contributed by atoms with Crippen LogP contribution >= 0.6 is 0 Å². The van der Waals surface area contributed by atoms with Gasteiger partial charge in [-0.25, -0.2) is 19.9 Å². The number of likely N-dealkylation sites (tertiary alicyclic amines) is 1. The van der Waals surface area contributed by atoms with Crippen LogP contribution in [0.15, 0.2) is 12.5 Å². The molecule has 198 valence electrons. The second-order valence-electron chi connectivity index (χ2n) is 11.2. The molecule has 1 aliphatic carbocycles. The van der Waals surface area contributed by atoms with Gasteiger partial charge in [-0.3, -0.25) is 9.59 Å². The van der Waals surface area contributed by atoms with E-state index < -0.39 is 0 Å². The van der Waals surface area contributed by atoms with Gasteiger partial charge in [0.05, 0.1) is 6.20 Å². The van der Waals surface area contributed by atoms with Crippen molar-refractivity contribution in [3.8, 4) is 0 Å². The predicted molar refractivity (Wildman–Crippen MR) is 141 cm³/mol. The molecule has 10 heteroatoms. The lowest BCUT2D eigenvalue weighted by Crippen LogP contribution is -2.46. The van der Waals surface area contributed by atoms with Crippen molar-refractivity contribution in [2.45, 2.75) is 103 Å². The van der Waals surface area contributed by atoms with E-state index in [0.717, 1.165) is 44.5 Å². The lowest BCUT2D eigenvalue weighted by atomic mass is 9.89. The van der Waals surface area contributed by atoms with E-state index in [1.54, 1.807) is 6.20 Å². The van der Waals surface area contributed by atoms with Gasteiger partial charge in [0.2, 0.25) is 11.8 Å². The van der Waals surface area contributed by atoms with Gasteiger partial charge in [0.1, 0.15) is 29.2 Å². The molecule has 0 spiro atoms. The highest BCUT2D eigenvalue weighted by atomic mass is 16.2. The topological polar surface area (TPSA) is 130 Å². The van der Waals surface area contributed by atoms with Crippen molar-refractivity contribution in [1.29, 1.82) is 0 Å². The third-order valence-corrected chi connectivity index (χ3v) is 7.10. The molecule has 2 fully saturated rings. The van der Waals surface area contributed by atoms with Gasteiger partial charge in [-0.2, -0.15) is 0 Å². The fraction of sp³-hybridized carbons (Fsp3) is 0.692. The van der Waals surface area contributed by atoms with E-state index >= 15 is 0 Å². The van der Waals surface area contributed by atoms with E-state index in [-0.39, 0.29) is 23.3 Å². The number of aromatic nitrogens is 4. The summed E-state index contributed by atoms with van der Waals surface area (Å²) >= 11 is 0. The summed E-state index contributed by atoms with van der Waals surface area (Å²) in [6, 6.07) is 1.27. The van der Waals surface area contributed by atoms with Crippen LogP contribution in [0.2, 0.25) is 0 Å². The molecular weight excluding hydrogens is 456 g/mol. The van der Waals surface area contributed by atoms with Crippen LogP contribution in [0.3, 0.4) is 0 Å². The maximum absolute atomic E-state index is 13.3. The molecule has 0 unspecified atom stereocenters. The average Bonchev–Trinajstić information content (AvgIpc) is 3.17. The third-order valence-electron chi connectivity index (χ3n) is 7.10. The monoisotopic (exact) mass is 498 g/mol. The maximum atomic E-state index is 13.3. The largest absolute Gasteiger partial charge is 0.370 e. The van der Waals surface area contributed by atoms with Gasteiger partial charge in [0.25, 0.3) is 0 Å². The Morgan fingerprint density at radius 1 is 1.14 bits per heavy atom. The number of nitrogens with one attached hydrogen (secondary N) is 1. The van der Waals surface area contributed by atoms with Crippen molar-refractivity contribution in [1.82, 2.24) is 29.7 Å². The Hall–Kier alpha value is -2.88. The minimum absolute atomic E-state index is 0.177. The van der Waals surface area contributed by atoms with E-state index in [2.05, 4.69) is 77.5 Å². The van der Waals surface area contributed by atoms with Crippen LogP contribution in [0.4, 0.5) is 5.82 Å². The zero-order valence-corrected chi connectivity index (χ0v) is 22.8. The molecule has 1 atom stereocenters. The molecule has 0 radical (unpaired) electrons. The second kappa shape index (κ2) is 11.5. The quantitative estimate of drug-likeness (QED) is 0.644. The number of hydrogen-bond donors (Lipinski definition) is 2. The fourth-order valence-electron chi connectivity index (χ4n) is 4.88. The molecule has 36 heavy (non-hydrogen) atoms. The van der Waals surface area contributed by atoms with Crippen LogP contribution in [0.1, 0.15) is 79.5 Å². The van der Waals surface area contributed by atoms with E-state index in [0.29, 0.717) is 35.0 Å². The molecule has 2 amide bonds. The summed E-state index contributed by atoms with van der Waals surface area (Å²) in [5.41, 5.74) is 5.66. The lowest BCUT2D eigenvalue weighted by molar-refractivity contribution is -0.131. The molecule has 4 rings (SSSR count). The number of amides is 2. The summed E-state index contributed by atoms with van der Waals surface area (Å²) < 4.78 is 0. The first-order valence-electron chi connectivity index (χ1n) is 12.9. The minimum Gasteiger partial charge on any atom is -0.370 e. The Morgan fingerprint density at radius 3 is 2.36 bits per heavy atom. The highest BCUT2D eigenvalue weighted by Gasteiger charge is 2.38. The molecule has 0 aromatic carbocycles. The van der Waals surface area contributed by atoms with E-state index in [1.807, 2.05) is 0 Å². The van der Waals surface area contributed by atoms with Crippen molar-refractivity contribution in [2.24, 2.45) is 5.73 Å². The molecule has 10 nitrogen and oxygen atoms in total. The van der Waals surface area contributed by atoms with Gasteiger partial charge in [-0.1, -0.05) is 20.8 Å². The molecule has 3 heterocycles. The average molecular weight is 499 g/mol. The first-order chi connectivity index (χ1) is 16.9. The summed E-state index contributed by atoms with van der Waals surface area (Å²) in [4.78, 5) is 45.0. The number of rotatable bonds is 5. The normalized spacial score (nSPS) is 22.6. The van der Waals surface area contributed by atoms with E-state index in [1.165, 1.54) is 13.3 Å². The summed E-state index contributed by atoms with van der Waals surface area (Å²) in [7, 11) is 2.22. The van der Waals surface area contributed by atoms with Crippen LogP contribution in [0.5, 0.6) is 0 Å². The molecular formula is C26H42N8O2. The number of nitrogens with two attached hydrogens (primary N) is 1. The number of carbonyl (C=O) groups excluding carboxylic acids is 2. The second-order valence-corrected chi connectivity index (χ2v) is 11.2. The summed E-state index contributed by atoms with van der Waals surface area (Å²) in [6.45, 7) is 12.8. The van der Waals surface area contributed by atoms with Crippen molar-refractivity contribution >= 4 is 28.7 Å².